The Balaban J connectivity index is 1.73. The van der Waals surface area contributed by atoms with Crippen molar-refractivity contribution in [3.05, 3.63) is 95.7 Å². The maximum absolute atomic E-state index is 12.8. The fourth-order valence-corrected chi connectivity index (χ4v) is 4.13. The Morgan fingerprint density at radius 3 is 2.37 bits per heavy atom. The third-order valence-corrected chi connectivity index (χ3v) is 6.00. The molecular weight excluding hydrogens is 396 g/mol. The van der Waals surface area contributed by atoms with Gasteiger partial charge >= 0.3 is 0 Å². The molecule has 0 unspecified atom stereocenters. The molecule has 0 aliphatic carbocycles. The van der Waals surface area contributed by atoms with Crippen molar-refractivity contribution in [3.63, 3.8) is 0 Å². The van der Waals surface area contributed by atoms with Gasteiger partial charge in [0.25, 0.3) is 10.0 Å². The fraction of sp³-hybridized carbons (Fsp3) is 0.0417. The van der Waals surface area contributed by atoms with Gasteiger partial charge < -0.3 is 5.11 Å². The molecular formula is C24H20N2O3S. The van der Waals surface area contributed by atoms with Crippen molar-refractivity contribution in [2.24, 2.45) is 0 Å². The van der Waals surface area contributed by atoms with Crippen molar-refractivity contribution in [1.29, 1.82) is 0 Å². The van der Waals surface area contributed by atoms with Gasteiger partial charge in [-0.15, -0.1) is 0 Å². The first-order valence-corrected chi connectivity index (χ1v) is 10.9. The summed E-state index contributed by atoms with van der Waals surface area (Å²) < 4.78 is 28.2. The van der Waals surface area contributed by atoms with Gasteiger partial charge in [-0.3, -0.25) is 4.72 Å². The van der Waals surface area contributed by atoms with Gasteiger partial charge in [-0.1, -0.05) is 60.2 Å². The number of benzene rings is 3. The van der Waals surface area contributed by atoms with Crippen molar-refractivity contribution in [2.75, 3.05) is 4.72 Å². The molecule has 0 atom stereocenters. The zero-order valence-electron chi connectivity index (χ0n) is 16.3. The standard InChI is InChI=1S/C24H20N2O3S/c1-17-7-13-22(14-8-17)30(28,29)26-23-16-21(27)15-19-10-12-20(25-24(19)23)11-9-18-5-3-2-4-6-18/h2-16,26-27H,1H3/b11-9+. The van der Waals surface area contributed by atoms with E-state index in [0.717, 1.165) is 11.1 Å². The van der Waals surface area contributed by atoms with Crippen LogP contribution in [0.4, 0.5) is 5.69 Å². The first kappa shape index (κ1) is 19.7. The van der Waals surface area contributed by atoms with Crippen molar-refractivity contribution >= 4 is 38.8 Å². The highest BCUT2D eigenvalue weighted by molar-refractivity contribution is 7.92. The van der Waals surface area contributed by atoms with Crippen LogP contribution in [0.1, 0.15) is 16.8 Å². The first-order chi connectivity index (χ1) is 14.4. The molecule has 1 heterocycles. The molecule has 2 N–H and O–H groups in total. The van der Waals surface area contributed by atoms with E-state index >= 15 is 0 Å². The van der Waals surface area contributed by atoms with Crippen LogP contribution in [0, 0.1) is 6.92 Å². The third kappa shape index (κ3) is 4.34. The number of anilines is 1. The molecule has 0 aliphatic rings. The molecule has 6 heteroatoms. The summed E-state index contributed by atoms with van der Waals surface area (Å²) in [5, 5.41) is 10.7. The lowest BCUT2D eigenvalue weighted by Crippen LogP contribution is -2.13. The van der Waals surface area contributed by atoms with Crippen LogP contribution in [0.5, 0.6) is 5.75 Å². The topological polar surface area (TPSA) is 79.3 Å². The predicted octanol–water partition coefficient (Wildman–Crippen LogP) is 5.22. The molecule has 3 aromatic carbocycles. The van der Waals surface area contributed by atoms with Crippen LogP contribution in [-0.2, 0) is 10.0 Å². The molecule has 1 aromatic heterocycles. The molecule has 150 valence electrons. The van der Waals surface area contributed by atoms with E-state index < -0.39 is 10.0 Å². The number of fused-ring (bicyclic) bond motifs is 1. The van der Waals surface area contributed by atoms with E-state index in [1.165, 1.54) is 6.07 Å². The largest absolute Gasteiger partial charge is 0.508 e. The van der Waals surface area contributed by atoms with Gasteiger partial charge in [-0.25, -0.2) is 13.4 Å². The maximum atomic E-state index is 12.8. The zero-order chi connectivity index (χ0) is 21.1. The Hall–Kier alpha value is -3.64. The number of hydrogen-bond donors (Lipinski definition) is 2. The van der Waals surface area contributed by atoms with E-state index in [-0.39, 0.29) is 16.3 Å². The van der Waals surface area contributed by atoms with Gasteiger partial charge in [0, 0.05) is 11.5 Å². The lowest BCUT2D eigenvalue weighted by molar-refractivity contribution is 0.476. The summed E-state index contributed by atoms with van der Waals surface area (Å²) in [5.41, 5.74) is 3.35. The smallest absolute Gasteiger partial charge is 0.261 e. The number of phenolic OH excluding ortho intramolecular Hbond substituents is 1. The van der Waals surface area contributed by atoms with Gasteiger partial charge in [0.2, 0.25) is 0 Å². The van der Waals surface area contributed by atoms with Crippen molar-refractivity contribution in [1.82, 2.24) is 4.98 Å². The van der Waals surface area contributed by atoms with Crippen LogP contribution in [0.25, 0.3) is 23.1 Å². The summed E-state index contributed by atoms with van der Waals surface area (Å²) in [7, 11) is -3.83. The second kappa shape index (κ2) is 8.00. The van der Waals surface area contributed by atoms with Crippen molar-refractivity contribution in [3.8, 4) is 5.75 Å². The summed E-state index contributed by atoms with van der Waals surface area (Å²) >= 11 is 0. The Kier molecular flexibility index (Phi) is 5.25. The van der Waals surface area contributed by atoms with E-state index in [0.29, 0.717) is 16.6 Å². The SMILES string of the molecule is Cc1ccc(S(=O)(=O)Nc2cc(O)cc3ccc(/C=C/c4ccccc4)nc23)cc1. The molecule has 0 aliphatic heterocycles. The molecule has 0 radical (unpaired) electrons. The summed E-state index contributed by atoms with van der Waals surface area (Å²) in [6.45, 7) is 1.89. The average Bonchev–Trinajstić information content (AvgIpc) is 2.73. The van der Waals surface area contributed by atoms with E-state index in [1.54, 1.807) is 36.4 Å². The number of phenols is 1. The molecule has 4 aromatic rings. The minimum Gasteiger partial charge on any atom is -0.508 e. The van der Waals surface area contributed by atoms with Crippen LogP contribution in [0.15, 0.2) is 83.8 Å². The molecule has 0 amide bonds. The second-order valence-electron chi connectivity index (χ2n) is 6.96. The van der Waals surface area contributed by atoms with Gasteiger partial charge in [0.1, 0.15) is 5.75 Å². The quantitative estimate of drug-likeness (QED) is 0.467. The Morgan fingerprint density at radius 1 is 0.900 bits per heavy atom. The average molecular weight is 417 g/mol. The van der Waals surface area contributed by atoms with Gasteiger partial charge in [-0.05, 0) is 42.8 Å². The van der Waals surface area contributed by atoms with E-state index in [1.807, 2.05) is 55.5 Å². The van der Waals surface area contributed by atoms with Crippen LogP contribution >= 0.6 is 0 Å². The summed E-state index contributed by atoms with van der Waals surface area (Å²) in [6.07, 6.45) is 3.80. The number of hydrogen-bond acceptors (Lipinski definition) is 4. The molecule has 0 saturated heterocycles. The number of aryl methyl sites for hydroxylation is 1. The van der Waals surface area contributed by atoms with Crippen molar-refractivity contribution < 1.29 is 13.5 Å². The Bertz CT molecular complexity index is 1330. The highest BCUT2D eigenvalue weighted by atomic mass is 32.2. The number of nitrogens with one attached hydrogen (secondary N) is 1. The number of aromatic hydroxyl groups is 1. The number of aromatic nitrogens is 1. The van der Waals surface area contributed by atoms with Crippen molar-refractivity contribution in [2.45, 2.75) is 11.8 Å². The minimum atomic E-state index is -3.83. The minimum absolute atomic E-state index is 0.0431. The van der Waals surface area contributed by atoms with E-state index in [4.69, 9.17) is 0 Å². The molecule has 0 spiro atoms. The van der Waals surface area contributed by atoms with Crippen LogP contribution in [-0.4, -0.2) is 18.5 Å². The normalized spacial score (nSPS) is 11.8. The Morgan fingerprint density at radius 2 is 1.63 bits per heavy atom. The number of pyridine rings is 1. The molecule has 30 heavy (non-hydrogen) atoms. The molecule has 4 rings (SSSR count). The highest BCUT2D eigenvalue weighted by Gasteiger charge is 2.17. The lowest BCUT2D eigenvalue weighted by atomic mass is 10.1. The summed E-state index contributed by atoms with van der Waals surface area (Å²) in [4.78, 5) is 4.74. The zero-order valence-corrected chi connectivity index (χ0v) is 17.1. The molecule has 0 saturated carbocycles. The van der Waals surface area contributed by atoms with Gasteiger partial charge in [-0.2, -0.15) is 0 Å². The van der Waals surface area contributed by atoms with E-state index in [9.17, 15) is 13.5 Å². The second-order valence-corrected chi connectivity index (χ2v) is 8.65. The number of rotatable bonds is 5. The number of nitrogens with zero attached hydrogens (tertiary/aromatic N) is 1. The highest BCUT2D eigenvalue weighted by Crippen LogP contribution is 2.30. The van der Waals surface area contributed by atoms with Gasteiger partial charge in [0.05, 0.1) is 21.8 Å². The predicted molar refractivity (Wildman–Crippen MR) is 121 cm³/mol. The van der Waals surface area contributed by atoms with E-state index in [2.05, 4.69) is 9.71 Å². The fourth-order valence-electron chi connectivity index (χ4n) is 3.07. The molecule has 5 nitrogen and oxygen atoms in total. The summed E-state index contributed by atoms with van der Waals surface area (Å²) in [6, 6.07) is 22.9. The molecule has 0 fully saturated rings. The number of sulfonamides is 1. The van der Waals surface area contributed by atoms with Crippen LogP contribution in [0.2, 0.25) is 0 Å². The Labute approximate surface area is 175 Å². The molecule has 0 bridgehead atoms. The van der Waals surface area contributed by atoms with Crippen LogP contribution in [0.3, 0.4) is 0 Å². The summed E-state index contributed by atoms with van der Waals surface area (Å²) in [5.74, 6) is -0.0431. The maximum Gasteiger partial charge on any atom is 0.261 e. The first-order valence-electron chi connectivity index (χ1n) is 9.37. The third-order valence-electron chi connectivity index (χ3n) is 4.62. The monoisotopic (exact) mass is 416 g/mol. The lowest BCUT2D eigenvalue weighted by Gasteiger charge is -2.12. The van der Waals surface area contributed by atoms with Gasteiger partial charge in [0.15, 0.2) is 0 Å². The van der Waals surface area contributed by atoms with Crippen LogP contribution < -0.4 is 4.72 Å².